The molecule has 0 bridgehead atoms. The molecule has 2 fully saturated rings. The number of carbonyl (C=O) groups is 1. The van der Waals surface area contributed by atoms with Crippen LogP contribution in [0, 0.1) is 6.92 Å². The van der Waals surface area contributed by atoms with Gasteiger partial charge in [-0.25, -0.2) is 0 Å². The maximum absolute atomic E-state index is 12.3. The van der Waals surface area contributed by atoms with E-state index in [0.29, 0.717) is 17.2 Å². The number of hydrogen-bond acceptors (Lipinski definition) is 4. The van der Waals surface area contributed by atoms with Gasteiger partial charge in [-0.05, 0) is 30.7 Å². The molecule has 2 heterocycles. The van der Waals surface area contributed by atoms with Gasteiger partial charge >= 0.3 is 0 Å². The summed E-state index contributed by atoms with van der Waals surface area (Å²) in [5.41, 5.74) is 1.40. The summed E-state index contributed by atoms with van der Waals surface area (Å²) in [5.74, 6) is -0.182. The summed E-state index contributed by atoms with van der Waals surface area (Å²) in [7, 11) is 0. The maximum atomic E-state index is 12.3. The Balaban J connectivity index is 1.70. The molecule has 2 saturated heterocycles. The Hall–Kier alpha value is -1.14. The molecular formula is C14H16ClNO4. The number of carbonyl (C=O) groups excluding carboxylic acids is 1. The number of benzene rings is 1. The van der Waals surface area contributed by atoms with E-state index in [-0.39, 0.29) is 30.8 Å². The van der Waals surface area contributed by atoms with E-state index < -0.39 is 6.10 Å². The molecule has 2 aliphatic rings. The van der Waals surface area contributed by atoms with Crippen LogP contribution in [0.5, 0.6) is 0 Å². The molecule has 108 valence electrons. The maximum Gasteiger partial charge on any atom is 0.251 e. The second kappa shape index (κ2) is 5.33. The van der Waals surface area contributed by atoms with Crippen LogP contribution in [-0.4, -0.2) is 48.6 Å². The van der Waals surface area contributed by atoms with Crippen LogP contribution in [0.25, 0.3) is 0 Å². The average Bonchev–Trinajstić information content (AvgIpc) is 2.94. The Morgan fingerprint density at radius 3 is 2.85 bits per heavy atom. The molecule has 1 amide bonds. The lowest BCUT2D eigenvalue weighted by Crippen LogP contribution is -2.44. The molecule has 3 rings (SSSR count). The van der Waals surface area contributed by atoms with Crippen molar-refractivity contribution in [3.05, 3.63) is 34.3 Å². The van der Waals surface area contributed by atoms with Crippen LogP contribution >= 0.6 is 11.6 Å². The minimum Gasteiger partial charge on any atom is -0.388 e. The third-order valence-corrected chi connectivity index (χ3v) is 4.01. The molecule has 20 heavy (non-hydrogen) atoms. The van der Waals surface area contributed by atoms with Crippen LogP contribution in [0.2, 0.25) is 5.02 Å². The minimum atomic E-state index is -0.612. The summed E-state index contributed by atoms with van der Waals surface area (Å²) in [6, 6.07) is 4.90. The average molecular weight is 298 g/mol. The number of aryl methyl sites for hydroxylation is 1. The number of ether oxygens (including phenoxy) is 2. The summed E-state index contributed by atoms with van der Waals surface area (Å²) in [4.78, 5) is 12.3. The Morgan fingerprint density at radius 2 is 2.10 bits per heavy atom. The van der Waals surface area contributed by atoms with Crippen LogP contribution in [0.1, 0.15) is 15.9 Å². The number of fused-ring (bicyclic) bond motifs is 1. The van der Waals surface area contributed by atoms with E-state index in [4.69, 9.17) is 21.1 Å². The highest BCUT2D eigenvalue weighted by atomic mass is 35.5. The van der Waals surface area contributed by atoms with Gasteiger partial charge in [0.2, 0.25) is 0 Å². The van der Waals surface area contributed by atoms with E-state index in [0.717, 1.165) is 5.56 Å². The number of amides is 1. The van der Waals surface area contributed by atoms with Gasteiger partial charge in [-0.1, -0.05) is 11.6 Å². The van der Waals surface area contributed by atoms with Crippen molar-refractivity contribution in [2.75, 3.05) is 13.2 Å². The van der Waals surface area contributed by atoms with E-state index >= 15 is 0 Å². The fourth-order valence-corrected chi connectivity index (χ4v) is 2.96. The SMILES string of the molecule is Cc1cc(Cl)ccc1C(=O)N[C@@H]1CO[C@H]2[C@@H]1OC[C@H]2O. The molecular weight excluding hydrogens is 282 g/mol. The van der Waals surface area contributed by atoms with Crippen LogP contribution < -0.4 is 5.32 Å². The fraction of sp³-hybridized carbons (Fsp3) is 0.500. The van der Waals surface area contributed by atoms with Crippen molar-refractivity contribution in [2.45, 2.75) is 31.3 Å². The van der Waals surface area contributed by atoms with Gasteiger partial charge in [0, 0.05) is 10.6 Å². The molecule has 2 aliphatic heterocycles. The van der Waals surface area contributed by atoms with Gasteiger partial charge in [0.1, 0.15) is 18.3 Å². The summed E-state index contributed by atoms with van der Waals surface area (Å²) in [6.07, 6.45) is -1.23. The topological polar surface area (TPSA) is 67.8 Å². The highest BCUT2D eigenvalue weighted by Gasteiger charge is 2.47. The van der Waals surface area contributed by atoms with Crippen LogP contribution in [0.3, 0.4) is 0 Å². The number of rotatable bonds is 2. The molecule has 0 radical (unpaired) electrons. The van der Waals surface area contributed by atoms with Crippen LogP contribution in [0.4, 0.5) is 0 Å². The van der Waals surface area contributed by atoms with Gasteiger partial charge in [0.05, 0.1) is 19.3 Å². The lowest BCUT2D eigenvalue weighted by atomic mass is 10.1. The van der Waals surface area contributed by atoms with Crippen LogP contribution in [0.15, 0.2) is 18.2 Å². The zero-order valence-electron chi connectivity index (χ0n) is 11.0. The zero-order valence-corrected chi connectivity index (χ0v) is 11.8. The molecule has 0 saturated carbocycles. The number of halogens is 1. The Bertz CT molecular complexity index is 536. The van der Waals surface area contributed by atoms with Crippen LogP contribution in [-0.2, 0) is 9.47 Å². The molecule has 0 aliphatic carbocycles. The van der Waals surface area contributed by atoms with Crippen molar-refractivity contribution in [2.24, 2.45) is 0 Å². The zero-order chi connectivity index (χ0) is 14.3. The van der Waals surface area contributed by atoms with Crippen molar-refractivity contribution in [1.82, 2.24) is 5.32 Å². The molecule has 0 spiro atoms. The smallest absolute Gasteiger partial charge is 0.251 e. The first-order chi connectivity index (χ1) is 9.56. The van der Waals surface area contributed by atoms with Gasteiger partial charge < -0.3 is 19.9 Å². The first-order valence-corrected chi connectivity index (χ1v) is 6.92. The molecule has 0 unspecified atom stereocenters. The molecule has 2 N–H and O–H groups in total. The van der Waals surface area contributed by atoms with Crippen molar-refractivity contribution in [3.8, 4) is 0 Å². The van der Waals surface area contributed by atoms with Gasteiger partial charge in [0.15, 0.2) is 0 Å². The summed E-state index contributed by atoms with van der Waals surface area (Å²) in [6.45, 7) is 2.44. The molecule has 1 aromatic carbocycles. The second-order valence-corrected chi connectivity index (χ2v) is 5.64. The lowest BCUT2D eigenvalue weighted by molar-refractivity contribution is 0.0178. The van der Waals surface area contributed by atoms with Gasteiger partial charge in [0.25, 0.3) is 5.91 Å². The quantitative estimate of drug-likeness (QED) is 0.851. The molecule has 4 atom stereocenters. The molecule has 5 nitrogen and oxygen atoms in total. The predicted octanol–water partition coefficient (Wildman–Crippen LogP) is 0.905. The number of aliphatic hydroxyl groups is 1. The van der Waals surface area contributed by atoms with E-state index in [1.165, 1.54) is 0 Å². The Morgan fingerprint density at radius 1 is 1.35 bits per heavy atom. The first kappa shape index (κ1) is 13.8. The van der Waals surface area contributed by atoms with Gasteiger partial charge in [-0.15, -0.1) is 0 Å². The van der Waals surface area contributed by atoms with Crippen molar-refractivity contribution in [3.63, 3.8) is 0 Å². The molecule has 1 aromatic rings. The van der Waals surface area contributed by atoms with E-state index in [1.807, 2.05) is 6.92 Å². The number of nitrogens with one attached hydrogen (secondary N) is 1. The first-order valence-electron chi connectivity index (χ1n) is 6.54. The van der Waals surface area contributed by atoms with E-state index in [1.54, 1.807) is 18.2 Å². The lowest BCUT2D eigenvalue weighted by Gasteiger charge is -2.18. The monoisotopic (exact) mass is 297 g/mol. The van der Waals surface area contributed by atoms with E-state index in [2.05, 4.69) is 5.32 Å². The predicted molar refractivity (Wildman–Crippen MR) is 72.9 cm³/mol. The highest BCUT2D eigenvalue weighted by molar-refractivity contribution is 6.30. The third-order valence-electron chi connectivity index (χ3n) is 3.78. The Kier molecular flexibility index (Phi) is 3.69. The highest BCUT2D eigenvalue weighted by Crippen LogP contribution is 2.27. The summed E-state index contributed by atoms with van der Waals surface area (Å²) >= 11 is 5.88. The minimum absolute atomic E-state index is 0.182. The summed E-state index contributed by atoms with van der Waals surface area (Å²) < 4.78 is 11.0. The Labute approximate surface area is 121 Å². The third kappa shape index (κ3) is 2.42. The standard InChI is InChI=1S/C14H16ClNO4/c1-7-4-8(15)2-3-9(7)14(18)16-10-5-19-13-11(17)6-20-12(10)13/h2-4,10-13,17H,5-6H2,1H3,(H,16,18)/t10-,11-,12-,13-/m1/s1. The number of aliphatic hydroxyl groups excluding tert-OH is 1. The van der Waals surface area contributed by atoms with Crippen molar-refractivity contribution >= 4 is 17.5 Å². The van der Waals surface area contributed by atoms with E-state index in [9.17, 15) is 9.90 Å². The summed E-state index contributed by atoms with van der Waals surface area (Å²) in [5, 5.41) is 13.2. The molecule has 6 heteroatoms. The second-order valence-electron chi connectivity index (χ2n) is 5.20. The normalized spacial score (nSPS) is 32.1. The van der Waals surface area contributed by atoms with Crippen molar-refractivity contribution < 1.29 is 19.4 Å². The van der Waals surface area contributed by atoms with Gasteiger partial charge in [-0.2, -0.15) is 0 Å². The van der Waals surface area contributed by atoms with Gasteiger partial charge in [-0.3, -0.25) is 4.79 Å². The van der Waals surface area contributed by atoms with Crippen molar-refractivity contribution in [1.29, 1.82) is 0 Å². The largest absolute Gasteiger partial charge is 0.388 e. The molecule has 0 aromatic heterocycles. The fourth-order valence-electron chi connectivity index (χ4n) is 2.73. The number of hydrogen-bond donors (Lipinski definition) is 2.